The Bertz CT molecular complexity index is 844. The number of ether oxygens (including phenoxy) is 1. The van der Waals surface area contributed by atoms with E-state index in [1.807, 2.05) is 51.1 Å². The van der Waals surface area contributed by atoms with E-state index >= 15 is 0 Å². The lowest BCUT2D eigenvalue weighted by Crippen LogP contribution is -2.32. The Balaban J connectivity index is 0. The van der Waals surface area contributed by atoms with E-state index < -0.39 is 0 Å². The number of methoxy groups -OCH3 is 1. The van der Waals surface area contributed by atoms with Crippen LogP contribution in [0.1, 0.15) is 44.2 Å². The van der Waals surface area contributed by atoms with Crippen LogP contribution in [-0.4, -0.2) is 75.7 Å². The highest BCUT2D eigenvalue weighted by atomic mass is 19.1. The van der Waals surface area contributed by atoms with Crippen LogP contribution >= 0.6 is 0 Å². The van der Waals surface area contributed by atoms with Crippen molar-refractivity contribution in [2.75, 3.05) is 46.9 Å². The molecule has 0 unspecified atom stereocenters. The summed E-state index contributed by atoms with van der Waals surface area (Å²) in [4.78, 5) is 32.9. The van der Waals surface area contributed by atoms with Crippen molar-refractivity contribution >= 4 is 18.7 Å². The lowest BCUT2D eigenvalue weighted by Gasteiger charge is -2.17. The van der Waals surface area contributed by atoms with E-state index in [0.717, 1.165) is 63.5 Å². The summed E-state index contributed by atoms with van der Waals surface area (Å²) >= 11 is 0. The molecule has 0 saturated carbocycles. The zero-order chi connectivity index (χ0) is 29.7. The van der Waals surface area contributed by atoms with Gasteiger partial charge in [-0.15, -0.1) is 0 Å². The highest BCUT2D eigenvalue weighted by Crippen LogP contribution is 2.14. The first-order valence-corrected chi connectivity index (χ1v) is 13.1. The number of aryl methyl sites for hydroxylation is 1. The van der Waals surface area contributed by atoms with Crippen molar-refractivity contribution in [3.05, 3.63) is 65.5 Å². The summed E-state index contributed by atoms with van der Waals surface area (Å²) in [6.07, 6.45) is 4.23. The van der Waals surface area contributed by atoms with Gasteiger partial charge in [-0.25, -0.2) is 4.39 Å². The van der Waals surface area contributed by atoms with E-state index in [-0.39, 0.29) is 11.7 Å². The standard InChI is InChI=1S/C14H21N3O2.C8H9FO.C4H7NO.C2H6.CH4O/c18-12-16-8-4-7-15-9-10-17(13-19)11-14-5-2-1-3-6-14;1-6-3-7(9)5-8(4-6)10-2;6-4-2-1-3-5-4;2*1-2/h1-3,5-6,12-13,15H,4,7-11H2,(H,16,18);3-5H,1-2H3;1-3H2,(H,5,6);1-2H3;2H,1H3. The van der Waals surface area contributed by atoms with Crippen molar-refractivity contribution < 1.29 is 28.6 Å². The third-order valence-electron chi connectivity index (χ3n) is 4.87. The maximum atomic E-state index is 12.5. The number of aliphatic hydroxyl groups excluding tert-OH is 1. The second-order valence-corrected chi connectivity index (χ2v) is 7.86. The number of halogens is 1. The van der Waals surface area contributed by atoms with Crippen LogP contribution < -0.4 is 20.7 Å². The van der Waals surface area contributed by atoms with Crippen molar-refractivity contribution in [1.29, 1.82) is 0 Å². The van der Waals surface area contributed by atoms with Gasteiger partial charge in [-0.05, 0) is 49.6 Å². The molecular formula is C29H47FN4O5. The Hall–Kier alpha value is -3.50. The molecule has 0 radical (unpaired) electrons. The number of amides is 3. The van der Waals surface area contributed by atoms with Crippen LogP contribution in [0.5, 0.6) is 5.75 Å². The molecule has 1 heterocycles. The highest BCUT2D eigenvalue weighted by molar-refractivity contribution is 5.77. The Morgan fingerprint density at radius 1 is 1.08 bits per heavy atom. The van der Waals surface area contributed by atoms with Crippen LogP contribution in [0.3, 0.4) is 0 Å². The smallest absolute Gasteiger partial charge is 0.220 e. The predicted molar refractivity (Wildman–Crippen MR) is 154 cm³/mol. The first-order chi connectivity index (χ1) is 19.0. The van der Waals surface area contributed by atoms with Crippen LogP contribution in [-0.2, 0) is 20.9 Å². The van der Waals surface area contributed by atoms with Gasteiger partial charge in [0, 0.05) is 52.3 Å². The maximum absolute atomic E-state index is 12.5. The largest absolute Gasteiger partial charge is 0.497 e. The molecule has 3 rings (SSSR count). The first kappa shape index (κ1) is 37.7. The van der Waals surface area contributed by atoms with Crippen LogP contribution in [0.2, 0.25) is 0 Å². The monoisotopic (exact) mass is 550 g/mol. The van der Waals surface area contributed by atoms with Gasteiger partial charge in [0.15, 0.2) is 0 Å². The molecule has 1 fully saturated rings. The van der Waals surface area contributed by atoms with Gasteiger partial charge in [0.2, 0.25) is 18.7 Å². The lowest BCUT2D eigenvalue weighted by atomic mass is 10.2. The van der Waals surface area contributed by atoms with E-state index in [2.05, 4.69) is 16.0 Å². The van der Waals surface area contributed by atoms with E-state index in [1.54, 1.807) is 11.0 Å². The second-order valence-electron chi connectivity index (χ2n) is 7.86. The van der Waals surface area contributed by atoms with Gasteiger partial charge in [-0.2, -0.15) is 0 Å². The molecular weight excluding hydrogens is 503 g/mol. The number of aliphatic hydroxyl groups is 1. The van der Waals surface area contributed by atoms with Crippen molar-refractivity contribution in [1.82, 2.24) is 20.9 Å². The van der Waals surface area contributed by atoms with Gasteiger partial charge in [0.05, 0.1) is 7.11 Å². The molecule has 0 spiro atoms. The number of hydrogen-bond acceptors (Lipinski definition) is 6. The van der Waals surface area contributed by atoms with Gasteiger partial charge in [0.25, 0.3) is 0 Å². The Morgan fingerprint density at radius 3 is 2.26 bits per heavy atom. The van der Waals surface area contributed by atoms with Crippen molar-refractivity contribution in [2.45, 2.75) is 46.6 Å². The fraction of sp³-hybridized carbons (Fsp3) is 0.483. The second kappa shape index (κ2) is 27.5. The molecule has 10 heteroatoms. The molecule has 4 N–H and O–H groups in total. The highest BCUT2D eigenvalue weighted by Gasteiger charge is 2.05. The summed E-state index contributed by atoms with van der Waals surface area (Å²) < 4.78 is 17.4. The van der Waals surface area contributed by atoms with Crippen LogP contribution in [0, 0.1) is 12.7 Å². The lowest BCUT2D eigenvalue weighted by molar-refractivity contribution is -0.119. The minimum atomic E-state index is -0.253. The maximum Gasteiger partial charge on any atom is 0.220 e. The average Bonchev–Trinajstić information content (AvgIpc) is 3.45. The van der Waals surface area contributed by atoms with Gasteiger partial charge in [0.1, 0.15) is 11.6 Å². The van der Waals surface area contributed by atoms with Crippen molar-refractivity contribution in [2.24, 2.45) is 0 Å². The third-order valence-corrected chi connectivity index (χ3v) is 4.87. The summed E-state index contributed by atoms with van der Waals surface area (Å²) in [6.45, 7) is 10.3. The Kier molecular flexibility index (Phi) is 26.6. The van der Waals surface area contributed by atoms with E-state index in [0.29, 0.717) is 31.8 Å². The molecule has 1 saturated heterocycles. The zero-order valence-electron chi connectivity index (χ0n) is 24.0. The molecule has 39 heavy (non-hydrogen) atoms. The van der Waals surface area contributed by atoms with Crippen LogP contribution in [0.15, 0.2) is 48.5 Å². The molecule has 0 aromatic heterocycles. The molecule has 0 aliphatic carbocycles. The van der Waals surface area contributed by atoms with E-state index in [9.17, 15) is 18.8 Å². The minimum absolute atomic E-state index is 0.204. The summed E-state index contributed by atoms with van der Waals surface area (Å²) in [5.41, 5.74) is 2.00. The predicted octanol–water partition coefficient (Wildman–Crippen LogP) is 3.04. The SMILES string of the molecule is CC.CO.COc1cc(C)cc(F)c1.O=C1CCCN1.O=CNCCCNCCN(C=O)Cc1ccccc1. The number of carbonyl (C=O) groups is 3. The Morgan fingerprint density at radius 2 is 1.77 bits per heavy atom. The molecule has 9 nitrogen and oxygen atoms in total. The molecule has 220 valence electrons. The molecule has 3 amide bonds. The molecule has 0 atom stereocenters. The number of hydrogen-bond donors (Lipinski definition) is 4. The summed E-state index contributed by atoms with van der Waals surface area (Å²) in [7, 11) is 2.52. The van der Waals surface area contributed by atoms with E-state index in [4.69, 9.17) is 9.84 Å². The number of carbonyl (C=O) groups excluding carboxylic acids is 3. The van der Waals surface area contributed by atoms with Gasteiger partial charge in [-0.3, -0.25) is 14.4 Å². The first-order valence-electron chi connectivity index (χ1n) is 13.1. The average molecular weight is 551 g/mol. The van der Waals surface area contributed by atoms with Gasteiger partial charge < -0.3 is 30.7 Å². The van der Waals surface area contributed by atoms with Crippen LogP contribution in [0.25, 0.3) is 0 Å². The number of nitrogens with one attached hydrogen (secondary N) is 3. The molecule has 1 aliphatic heterocycles. The topological polar surface area (TPSA) is 120 Å². The molecule has 2 aromatic carbocycles. The zero-order valence-corrected chi connectivity index (χ0v) is 24.0. The van der Waals surface area contributed by atoms with Crippen molar-refractivity contribution in [3.8, 4) is 5.75 Å². The fourth-order valence-corrected chi connectivity index (χ4v) is 3.09. The van der Waals surface area contributed by atoms with Gasteiger partial charge in [-0.1, -0.05) is 44.2 Å². The third kappa shape index (κ3) is 22.2. The summed E-state index contributed by atoms with van der Waals surface area (Å²) in [6, 6.07) is 14.5. The molecule has 1 aliphatic rings. The molecule has 2 aromatic rings. The van der Waals surface area contributed by atoms with Crippen molar-refractivity contribution in [3.63, 3.8) is 0 Å². The summed E-state index contributed by atoms with van der Waals surface area (Å²) in [5, 5.41) is 15.5. The van der Waals surface area contributed by atoms with Gasteiger partial charge >= 0.3 is 0 Å². The number of rotatable bonds is 12. The molecule has 0 bridgehead atoms. The Labute approximate surface area is 233 Å². The number of benzene rings is 2. The minimum Gasteiger partial charge on any atom is -0.497 e. The number of nitrogens with zero attached hydrogens (tertiary/aromatic N) is 1. The van der Waals surface area contributed by atoms with Crippen LogP contribution in [0.4, 0.5) is 4.39 Å². The summed E-state index contributed by atoms with van der Waals surface area (Å²) in [5.74, 6) is 0.518. The van der Waals surface area contributed by atoms with E-state index in [1.165, 1.54) is 19.2 Å². The fourth-order valence-electron chi connectivity index (χ4n) is 3.09. The normalized spacial score (nSPS) is 10.8. The quantitative estimate of drug-likeness (QED) is 0.238.